The number of nitrogens with one attached hydrogen (secondary N) is 1. The summed E-state index contributed by atoms with van der Waals surface area (Å²) in [5.41, 5.74) is 6.33. The number of benzene rings is 1. The van der Waals surface area contributed by atoms with E-state index in [0.29, 0.717) is 24.8 Å². The first kappa shape index (κ1) is 10.6. The van der Waals surface area contributed by atoms with Gasteiger partial charge in [-0.25, -0.2) is 9.97 Å². The minimum atomic E-state index is 0.391. The number of nitrogen functional groups attached to an aromatic ring is 1. The molecule has 0 unspecified atom stereocenters. The van der Waals surface area contributed by atoms with Gasteiger partial charge in [0.25, 0.3) is 0 Å². The van der Waals surface area contributed by atoms with Crippen molar-refractivity contribution >= 4 is 17.3 Å². The summed E-state index contributed by atoms with van der Waals surface area (Å²) in [6.45, 7) is 1.15. The van der Waals surface area contributed by atoms with Gasteiger partial charge in [0.15, 0.2) is 11.5 Å². The molecule has 0 radical (unpaired) electrons. The number of aromatic nitrogens is 2. The maximum absolute atomic E-state index is 5.50. The molecule has 0 fully saturated rings. The number of nitrogens with zero attached hydrogens (tertiary/aromatic N) is 2. The molecule has 0 amide bonds. The molecule has 1 aliphatic heterocycles. The number of nitrogens with two attached hydrogens (primary N) is 1. The molecule has 0 atom stereocenters. The Hall–Kier alpha value is -2.50. The molecule has 3 N–H and O–H groups in total. The van der Waals surface area contributed by atoms with E-state index in [0.717, 1.165) is 17.2 Å². The average molecular weight is 244 g/mol. The summed E-state index contributed by atoms with van der Waals surface area (Å²) in [5, 5.41) is 3.12. The normalized spacial score (nSPS) is 13.1. The Morgan fingerprint density at radius 2 is 1.89 bits per heavy atom. The van der Waals surface area contributed by atoms with Crippen molar-refractivity contribution in [1.82, 2.24) is 9.97 Å². The average Bonchev–Trinajstić information content (AvgIpc) is 2.41. The quantitative estimate of drug-likeness (QED) is 0.834. The lowest BCUT2D eigenvalue weighted by Crippen LogP contribution is -2.15. The van der Waals surface area contributed by atoms with Gasteiger partial charge in [0.05, 0.1) is 12.4 Å². The first-order valence-corrected chi connectivity index (χ1v) is 5.55. The van der Waals surface area contributed by atoms with Gasteiger partial charge in [-0.2, -0.15) is 0 Å². The zero-order chi connectivity index (χ0) is 12.4. The van der Waals surface area contributed by atoms with E-state index < -0.39 is 0 Å². The highest BCUT2D eigenvalue weighted by molar-refractivity contribution is 5.61. The van der Waals surface area contributed by atoms with E-state index in [4.69, 9.17) is 15.2 Å². The van der Waals surface area contributed by atoms with E-state index in [1.807, 2.05) is 18.2 Å². The molecule has 1 aromatic carbocycles. The van der Waals surface area contributed by atoms with Crippen LogP contribution in [0, 0.1) is 0 Å². The van der Waals surface area contributed by atoms with Crippen molar-refractivity contribution in [2.45, 2.75) is 0 Å². The van der Waals surface area contributed by atoms with Gasteiger partial charge < -0.3 is 20.5 Å². The molecule has 2 heterocycles. The van der Waals surface area contributed by atoms with E-state index >= 15 is 0 Å². The Balaban J connectivity index is 1.82. The molecule has 2 aromatic rings. The van der Waals surface area contributed by atoms with Crippen LogP contribution < -0.4 is 20.5 Å². The maximum Gasteiger partial charge on any atom is 0.163 e. The molecule has 3 rings (SSSR count). The Bertz CT molecular complexity index is 557. The summed E-state index contributed by atoms with van der Waals surface area (Å²) in [6, 6.07) is 5.62. The van der Waals surface area contributed by atoms with Gasteiger partial charge in [0, 0.05) is 11.8 Å². The Kier molecular flexibility index (Phi) is 2.60. The third kappa shape index (κ3) is 2.13. The monoisotopic (exact) mass is 244 g/mol. The van der Waals surface area contributed by atoms with E-state index in [1.165, 1.54) is 6.20 Å². The molecule has 92 valence electrons. The summed E-state index contributed by atoms with van der Waals surface area (Å²) >= 11 is 0. The zero-order valence-electron chi connectivity index (χ0n) is 9.59. The minimum Gasteiger partial charge on any atom is -0.486 e. The van der Waals surface area contributed by atoms with Crippen LogP contribution in [0.4, 0.5) is 17.3 Å². The van der Waals surface area contributed by atoms with Crippen LogP contribution in [0.1, 0.15) is 0 Å². The highest BCUT2D eigenvalue weighted by Crippen LogP contribution is 2.33. The largest absolute Gasteiger partial charge is 0.486 e. The molecule has 18 heavy (non-hydrogen) atoms. The predicted octanol–water partition coefficient (Wildman–Crippen LogP) is 1.57. The van der Waals surface area contributed by atoms with Crippen LogP contribution in [0.3, 0.4) is 0 Å². The highest BCUT2D eigenvalue weighted by Gasteiger charge is 2.11. The number of hydrogen-bond acceptors (Lipinski definition) is 6. The predicted molar refractivity (Wildman–Crippen MR) is 67.2 cm³/mol. The fourth-order valence-electron chi connectivity index (χ4n) is 1.67. The number of rotatable bonds is 2. The van der Waals surface area contributed by atoms with Crippen LogP contribution >= 0.6 is 0 Å². The molecule has 6 nitrogen and oxygen atoms in total. The third-order valence-corrected chi connectivity index (χ3v) is 2.49. The van der Waals surface area contributed by atoms with Gasteiger partial charge in [-0.3, -0.25) is 0 Å². The second kappa shape index (κ2) is 4.40. The SMILES string of the molecule is Nc1cnc(Nc2ccc3c(c2)OCCO3)cn1. The van der Waals surface area contributed by atoms with Crippen LogP contribution in [-0.2, 0) is 0 Å². The molecule has 1 aliphatic rings. The highest BCUT2D eigenvalue weighted by atomic mass is 16.6. The molecule has 1 aromatic heterocycles. The summed E-state index contributed by atoms with van der Waals surface area (Å²) in [4.78, 5) is 8.07. The Labute approximate surface area is 104 Å². The smallest absolute Gasteiger partial charge is 0.163 e. The first-order valence-electron chi connectivity index (χ1n) is 5.55. The van der Waals surface area contributed by atoms with Gasteiger partial charge in [0.1, 0.15) is 24.8 Å². The lowest BCUT2D eigenvalue weighted by atomic mass is 10.2. The van der Waals surface area contributed by atoms with E-state index in [2.05, 4.69) is 15.3 Å². The van der Waals surface area contributed by atoms with E-state index in [-0.39, 0.29) is 0 Å². The summed E-state index contributed by atoms with van der Waals surface area (Å²) in [5.74, 6) is 2.51. The second-order valence-electron chi connectivity index (χ2n) is 3.81. The molecule has 0 aliphatic carbocycles. The van der Waals surface area contributed by atoms with E-state index in [1.54, 1.807) is 6.20 Å². The Morgan fingerprint density at radius 1 is 1.06 bits per heavy atom. The fraction of sp³-hybridized carbons (Fsp3) is 0.167. The second-order valence-corrected chi connectivity index (χ2v) is 3.81. The fourth-order valence-corrected chi connectivity index (χ4v) is 1.67. The van der Waals surface area contributed by atoms with Gasteiger partial charge >= 0.3 is 0 Å². The minimum absolute atomic E-state index is 0.391. The maximum atomic E-state index is 5.50. The molecule has 0 spiro atoms. The Morgan fingerprint density at radius 3 is 2.67 bits per heavy atom. The van der Waals surface area contributed by atoms with Crippen molar-refractivity contribution in [3.8, 4) is 11.5 Å². The number of hydrogen-bond donors (Lipinski definition) is 2. The van der Waals surface area contributed by atoms with Crippen molar-refractivity contribution in [3.05, 3.63) is 30.6 Å². The van der Waals surface area contributed by atoms with Gasteiger partial charge in [-0.05, 0) is 12.1 Å². The van der Waals surface area contributed by atoms with Crippen LogP contribution in [0.15, 0.2) is 30.6 Å². The van der Waals surface area contributed by atoms with Gasteiger partial charge in [0.2, 0.25) is 0 Å². The standard InChI is InChI=1S/C12H12N4O2/c13-11-6-15-12(7-14-11)16-8-1-2-9-10(5-8)18-4-3-17-9/h1-2,5-7H,3-4H2,(H2,13,14)(H,15,16). The summed E-state index contributed by atoms with van der Waals surface area (Å²) in [6.07, 6.45) is 3.08. The van der Waals surface area contributed by atoms with Crippen LogP contribution in [0.25, 0.3) is 0 Å². The number of ether oxygens (including phenoxy) is 2. The molecule has 0 bridgehead atoms. The molecular formula is C12H12N4O2. The third-order valence-electron chi connectivity index (χ3n) is 2.49. The summed E-state index contributed by atoms with van der Waals surface area (Å²) in [7, 11) is 0. The van der Waals surface area contributed by atoms with Crippen molar-refractivity contribution < 1.29 is 9.47 Å². The van der Waals surface area contributed by atoms with Crippen molar-refractivity contribution in [1.29, 1.82) is 0 Å². The topological polar surface area (TPSA) is 82.3 Å². The van der Waals surface area contributed by atoms with Crippen molar-refractivity contribution in [3.63, 3.8) is 0 Å². The summed E-state index contributed by atoms with van der Waals surface area (Å²) < 4.78 is 10.9. The van der Waals surface area contributed by atoms with Crippen LogP contribution in [0.2, 0.25) is 0 Å². The van der Waals surface area contributed by atoms with Crippen molar-refractivity contribution in [2.75, 3.05) is 24.3 Å². The number of fused-ring (bicyclic) bond motifs is 1. The lowest BCUT2D eigenvalue weighted by Gasteiger charge is -2.19. The first-order chi connectivity index (χ1) is 8.81. The molecule has 0 saturated carbocycles. The lowest BCUT2D eigenvalue weighted by molar-refractivity contribution is 0.171. The molecule has 0 saturated heterocycles. The zero-order valence-corrected chi connectivity index (χ0v) is 9.59. The van der Waals surface area contributed by atoms with Gasteiger partial charge in [-0.15, -0.1) is 0 Å². The van der Waals surface area contributed by atoms with Gasteiger partial charge in [-0.1, -0.05) is 0 Å². The molecule has 6 heteroatoms. The number of anilines is 3. The van der Waals surface area contributed by atoms with Crippen LogP contribution in [0.5, 0.6) is 11.5 Å². The van der Waals surface area contributed by atoms with Crippen molar-refractivity contribution in [2.24, 2.45) is 0 Å². The van der Waals surface area contributed by atoms with E-state index in [9.17, 15) is 0 Å². The van der Waals surface area contributed by atoms with Crippen LogP contribution in [-0.4, -0.2) is 23.2 Å². The molecular weight excluding hydrogens is 232 g/mol.